The van der Waals surface area contributed by atoms with Crippen molar-refractivity contribution in [1.29, 1.82) is 0 Å². The van der Waals surface area contributed by atoms with Gasteiger partial charge in [-0.05, 0) is 48.5 Å². The monoisotopic (exact) mass is 458 g/mol. The highest BCUT2D eigenvalue weighted by Crippen LogP contribution is 2.15. The summed E-state index contributed by atoms with van der Waals surface area (Å²) < 4.78 is 17.3. The summed E-state index contributed by atoms with van der Waals surface area (Å²) in [6, 6.07) is 0. The van der Waals surface area contributed by atoms with Crippen LogP contribution in [0.25, 0.3) is 0 Å². The number of carbonyl (C=O) groups excluding carboxylic acids is 3. The third-order valence-corrected chi connectivity index (χ3v) is 7.22. The number of hydrogen-bond acceptors (Lipinski definition) is 7. The molecule has 1 rings (SSSR count). The summed E-state index contributed by atoms with van der Waals surface area (Å²) in [6.45, 7) is 18.5. The smallest absolute Gasteiger partial charge is 0.436 e. The molecule has 0 bridgehead atoms. The van der Waals surface area contributed by atoms with Gasteiger partial charge in [-0.1, -0.05) is 19.6 Å². The first-order valence-corrected chi connectivity index (χ1v) is 14.2. The number of amides is 1. The summed E-state index contributed by atoms with van der Waals surface area (Å²) in [7, 11) is -1.67. The molecule has 0 radical (unpaired) electrons. The molecule has 8 nitrogen and oxygen atoms in total. The van der Waals surface area contributed by atoms with Gasteiger partial charge >= 0.3 is 18.2 Å². The van der Waals surface area contributed by atoms with E-state index in [1.807, 2.05) is 6.92 Å². The van der Waals surface area contributed by atoms with Gasteiger partial charge in [0, 0.05) is 5.38 Å². The Balaban J connectivity index is 3.27. The van der Waals surface area contributed by atoms with Crippen molar-refractivity contribution in [2.24, 2.45) is 4.99 Å². The molecule has 1 atom stereocenters. The van der Waals surface area contributed by atoms with Crippen molar-refractivity contribution in [3.05, 3.63) is 15.9 Å². The fraction of sp³-hybridized carbons (Fsp3) is 0.700. The first-order valence-electron chi connectivity index (χ1n) is 9.79. The maximum absolute atomic E-state index is 12.8. The Kier molecular flexibility index (Phi) is 8.23. The van der Waals surface area contributed by atoms with Gasteiger partial charge in [-0.3, -0.25) is 4.79 Å². The fourth-order valence-corrected chi connectivity index (χ4v) is 3.31. The minimum atomic E-state index is -1.67. The van der Waals surface area contributed by atoms with Crippen LogP contribution in [-0.2, 0) is 25.4 Å². The van der Waals surface area contributed by atoms with Gasteiger partial charge in [0.15, 0.2) is 0 Å². The van der Waals surface area contributed by atoms with Crippen molar-refractivity contribution < 1.29 is 28.6 Å². The number of aromatic nitrogens is 1. The topological polar surface area (TPSA) is 96.2 Å². The van der Waals surface area contributed by atoms with Gasteiger partial charge in [-0.15, -0.1) is 16.3 Å². The average Bonchev–Trinajstić information content (AvgIpc) is 2.84. The van der Waals surface area contributed by atoms with Crippen LogP contribution in [0.4, 0.5) is 9.59 Å². The third-order valence-electron chi connectivity index (χ3n) is 3.79. The van der Waals surface area contributed by atoms with Crippen LogP contribution >= 0.6 is 11.3 Å². The van der Waals surface area contributed by atoms with E-state index >= 15 is 0 Å². The summed E-state index contributed by atoms with van der Waals surface area (Å²) in [6.07, 6.45) is -1.70. The third kappa shape index (κ3) is 8.82. The van der Waals surface area contributed by atoms with Crippen LogP contribution in [0.3, 0.4) is 0 Å². The summed E-state index contributed by atoms with van der Waals surface area (Å²) in [5.41, 5.74) is -1.33. The molecule has 1 unspecified atom stereocenters. The first-order chi connectivity index (χ1) is 13.4. The van der Waals surface area contributed by atoms with Crippen LogP contribution in [0.15, 0.2) is 10.4 Å². The molecule has 0 saturated heterocycles. The second-order valence-electron chi connectivity index (χ2n) is 10.1. The zero-order valence-electron chi connectivity index (χ0n) is 19.6. The summed E-state index contributed by atoms with van der Waals surface area (Å²) >= 11 is 1.05. The molecule has 0 fully saturated rings. The number of hydrogen-bond donors (Lipinski definition) is 0. The lowest BCUT2D eigenvalue weighted by Gasteiger charge is -2.25. The number of thiazole rings is 1. The molecular formula is C20H34N2O6SSi. The molecule has 10 heteroatoms. The lowest BCUT2D eigenvalue weighted by molar-refractivity contribution is -0.144. The average molecular weight is 459 g/mol. The van der Waals surface area contributed by atoms with Gasteiger partial charge < -0.3 is 14.2 Å². The second kappa shape index (κ2) is 9.46. The molecule has 0 saturated carbocycles. The largest absolute Gasteiger partial charge is 0.466 e. The maximum atomic E-state index is 12.8. The summed E-state index contributed by atoms with van der Waals surface area (Å²) in [5.74, 6) is -0.455. The number of esters is 1. The Hall–Kier alpha value is -1.94. The highest BCUT2D eigenvalue weighted by Gasteiger charge is 2.28. The Bertz CT molecular complexity index is 852. The van der Waals surface area contributed by atoms with Crippen LogP contribution in [0.2, 0.25) is 19.6 Å². The minimum Gasteiger partial charge on any atom is -0.466 e. The normalized spacial score (nSPS) is 14.3. The predicted molar refractivity (Wildman–Crippen MR) is 118 cm³/mol. The van der Waals surface area contributed by atoms with Crippen LogP contribution in [-0.4, -0.2) is 47.7 Å². The van der Waals surface area contributed by atoms with Crippen molar-refractivity contribution in [3.8, 4) is 0 Å². The molecular weight excluding hydrogens is 424 g/mol. The SMILES string of the molecule is CC(OC(=O)Cc1csc(=NC(=O)OC(C)(C)C)n1C(=O)OC(C)(C)C)[Si](C)(C)C. The van der Waals surface area contributed by atoms with Gasteiger partial charge in [-0.2, -0.15) is 0 Å². The molecule has 1 aromatic rings. The van der Waals surface area contributed by atoms with Crippen LogP contribution in [0, 0.1) is 0 Å². The van der Waals surface area contributed by atoms with E-state index in [9.17, 15) is 14.4 Å². The van der Waals surface area contributed by atoms with E-state index < -0.39 is 37.4 Å². The summed E-state index contributed by atoms with van der Waals surface area (Å²) in [5, 5.41) is 1.59. The standard InChI is InChI=1S/C20H34N2O6SSi/c1-13(30(8,9)10)26-15(23)11-14-12-29-16(21-17(24)27-19(2,3)4)22(14)18(25)28-20(5,6)7/h12-13H,11H2,1-10H3. The van der Waals surface area contributed by atoms with Gasteiger partial charge in [-0.25, -0.2) is 14.2 Å². The Morgan fingerprint density at radius 2 is 1.60 bits per heavy atom. The second-order valence-corrected chi connectivity index (χ2v) is 16.5. The van der Waals surface area contributed by atoms with Crippen molar-refractivity contribution >= 4 is 37.6 Å². The molecule has 1 aromatic heterocycles. The van der Waals surface area contributed by atoms with E-state index in [1.165, 1.54) is 0 Å². The lowest BCUT2D eigenvalue weighted by atomic mass is 10.2. The molecule has 170 valence electrons. The summed E-state index contributed by atoms with van der Waals surface area (Å²) in [4.78, 5) is 41.4. The maximum Gasteiger partial charge on any atom is 0.436 e. The number of carbonyl (C=O) groups is 3. The first kappa shape index (κ1) is 26.1. The van der Waals surface area contributed by atoms with Crippen molar-refractivity contribution in [2.45, 2.75) is 91.5 Å². The predicted octanol–water partition coefficient (Wildman–Crippen LogP) is 4.52. The molecule has 30 heavy (non-hydrogen) atoms. The van der Waals surface area contributed by atoms with Crippen molar-refractivity contribution in [3.63, 3.8) is 0 Å². The molecule has 0 spiro atoms. The Morgan fingerprint density at radius 3 is 2.07 bits per heavy atom. The van der Waals surface area contributed by atoms with E-state index in [1.54, 1.807) is 46.9 Å². The van der Waals surface area contributed by atoms with E-state index in [0.717, 1.165) is 15.9 Å². The van der Waals surface area contributed by atoms with Gasteiger partial charge in [0.25, 0.3) is 0 Å². The van der Waals surface area contributed by atoms with Gasteiger partial charge in [0.1, 0.15) is 11.2 Å². The molecule has 0 aliphatic heterocycles. The van der Waals surface area contributed by atoms with E-state index in [0.29, 0.717) is 5.69 Å². The number of ether oxygens (including phenoxy) is 3. The van der Waals surface area contributed by atoms with Crippen molar-refractivity contribution in [2.75, 3.05) is 0 Å². The van der Waals surface area contributed by atoms with Gasteiger partial charge in [0.2, 0.25) is 4.80 Å². The molecule has 0 N–H and O–H groups in total. The zero-order chi connectivity index (χ0) is 23.5. The minimum absolute atomic E-state index is 0.0690. The van der Waals surface area contributed by atoms with Crippen LogP contribution < -0.4 is 4.80 Å². The number of rotatable bonds is 4. The van der Waals surface area contributed by atoms with E-state index in [-0.39, 0.29) is 16.9 Å². The zero-order valence-corrected chi connectivity index (χ0v) is 21.4. The quantitative estimate of drug-likeness (QED) is 0.374. The van der Waals surface area contributed by atoms with Crippen LogP contribution in [0.1, 0.15) is 54.2 Å². The molecule has 0 aliphatic rings. The highest BCUT2D eigenvalue weighted by molar-refractivity contribution is 7.07. The molecule has 1 heterocycles. The van der Waals surface area contributed by atoms with E-state index in [4.69, 9.17) is 14.2 Å². The Morgan fingerprint density at radius 1 is 1.07 bits per heavy atom. The number of nitrogens with zero attached hydrogens (tertiary/aromatic N) is 2. The molecule has 1 amide bonds. The Labute approximate surface area is 183 Å². The molecule has 0 aliphatic carbocycles. The van der Waals surface area contributed by atoms with Crippen molar-refractivity contribution in [1.82, 2.24) is 4.57 Å². The molecule has 0 aromatic carbocycles. The lowest BCUT2D eigenvalue weighted by Crippen LogP contribution is -2.40. The van der Waals surface area contributed by atoms with Gasteiger partial charge in [0.05, 0.1) is 25.9 Å². The fourth-order valence-electron chi connectivity index (χ4n) is 1.98. The highest BCUT2D eigenvalue weighted by atomic mass is 32.1. The van der Waals surface area contributed by atoms with Crippen LogP contribution in [0.5, 0.6) is 0 Å². The van der Waals surface area contributed by atoms with E-state index in [2.05, 4.69) is 24.6 Å².